The molecular weight excluding hydrogens is 524 g/mol. The van der Waals surface area contributed by atoms with E-state index < -0.39 is 55.9 Å². The highest BCUT2D eigenvalue weighted by atomic mass is 32.2. The zero-order chi connectivity index (χ0) is 28.5. The summed E-state index contributed by atoms with van der Waals surface area (Å²) in [5, 5.41) is 21.6. The summed E-state index contributed by atoms with van der Waals surface area (Å²) in [6.07, 6.45) is 6.45. The summed E-state index contributed by atoms with van der Waals surface area (Å²) in [5.74, 6) is -1.98. The van der Waals surface area contributed by atoms with Crippen LogP contribution in [0.1, 0.15) is 61.9 Å². The van der Waals surface area contributed by atoms with E-state index in [-0.39, 0.29) is 47.5 Å². The molecule has 4 aliphatic carbocycles. The Balaban J connectivity index is 1.54. The van der Waals surface area contributed by atoms with Crippen molar-refractivity contribution in [2.24, 2.45) is 28.6 Å². The van der Waals surface area contributed by atoms with Gasteiger partial charge in [-0.15, -0.1) is 0 Å². The lowest BCUT2D eigenvalue weighted by molar-refractivity contribution is -0.179. The Morgan fingerprint density at radius 3 is 2.56 bits per heavy atom. The summed E-state index contributed by atoms with van der Waals surface area (Å²) in [6.45, 7) is 4.38. The molecule has 0 bridgehead atoms. The molecule has 0 spiro atoms. The van der Waals surface area contributed by atoms with Crippen LogP contribution in [0.2, 0.25) is 0 Å². The van der Waals surface area contributed by atoms with Gasteiger partial charge in [0, 0.05) is 16.7 Å². The highest BCUT2D eigenvalue weighted by molar-refractivity contribution is 7.85. The van der Waals surface area contributed by atoms with Crippen LogP contribution in [0.3, 0.4) is 0 Å². The fourth-order valence-corrected chi connectivity index (χ4v) is 9.20. The number of aliphatic hydroxyl groups excluding tert-OH is 2. The molecule has 0 amide bonds. The Hall–Kier alpha value is -2.66. The Kier molecular flexibility index (Phi) is 6.57. The monoisotopic (exact) mass is 558 g/mol. The van der Waals surface area contributed by atoms with Gasteiger partial charge in [-0.1, -0.05) is 31.6 Å². The van der Waals surface area contributed by atoms with Gasteiger partial charge in [0.1, 0.15) is 6.61 Å². The van der Waals surface area contributed by atoms with Gasteiger partial charge >= 0.3 is 5.97 Å². The van der Waals surface area contributed by atoms with Crippen molar-refractivity contribution < 1.29 is 42.3 Å². The van der Waals surface area contributed by atoms with Gasteiger partial charge < -0.3 is 14.9 Å². The average Bonchev–Trinajstić information content (AvgIpc) is 3.15. The molecule has 3 N–H and O–H groups in total. The van der Waals surface area contributed by atoms with Crippen molar-refractivity contribution in [1.82, 2.24) is 0 Å². The fourth-order valence-electron chi connectivity index (χ4n) is 8.45. The molecule has 0 unspecified atom stereocenters. The smallest absolute Gasteiger partial charge is 0.339 e. The average molecular weight is 559 g/mol. The van der Waals surface area contributed by atoms with E-state index in [9.17, 15) is 37.6 Å². The number of rotatable bonds is 5. The van der Waals surface area contributed by atoms with Gasteiger partial charge in [0.05, 0.1) is 16.6 Å². The molecule has 210 valence electrons. The van der Waals surface area contributed by atoms with E-state index >= 15 is 0 Å². The third-order valence-corrected chi connectivity index (χ3v) is 11.3. The zero-order valence-electron chi connectivity index (χ0n) is 22.2. The number of hydrogen-bond donors (Lipinski definition) is 3. The maximum atomic E-state index is 13.5. The molecule has 0 aromatic heterocycles. The molecule has 3 fully saturated rings. The fraction of sp³-hybridized carbons (Fsp3) is 0.552. The largest absolute Gasteiger partial charge is 0.447 e. The second-order valence-corrected chi connectivity index (χ2v) is 13.3. The van der Waals surface area contributed by atoms with Crippen LogP contribution in [0.5, 0.6) is 0 Å². The van der Waals surface area contributed by atoms with Crippen molar-refractivity contribution in [2.45, 2.75) is 69.5 Å². The van der Waals surface area contributed by atoms with Crippen LogP contribution in [-0.2, 0) is 24.4 Å². The van der Waals surface area contributed by atoms with E-state index in [1.807, 2.05) is 19.9 Å². The van der Waals surface area contributed by atoms with Crippen LogP contribution >= 0.6 is 0 Å². The minimum absolute atomic E-state index is 0.0156. The number of allylic oxidation sites excluding steroid dienone is 4. The standard InChI is InChI=1S/C29H34O9S/c1-16-19(5-4-6-23(16)39(35,36)37)26(34)38-29(24(33)15-30)12-10-21-20-8-7-17-13-18(31)9-11-27(17,2)25(20)22(32)14-28(21,29)3/h4-6,9,11,13,20-22,25,30,32H,7-8,10,12,14-15H2,1-3H3,(H,35,36,37)/t20-,21-,22-,25+,27-,28-,29-/m0/s1. The lowest BCUT2D eigenvalue weighted by atomic mass is 9.46. The van der Waals surface area contributed by atoms with Crippen molar-refractivity contribution in [1.29, 1.82) is 0 Å². The number of ketones is 2. The number of esters is 1. The number of hydrogen-bond acceptors (Lipinski definition) is 8. The molecule has 4 aliphatic rings. The van der Waals surface area contributed by atoms with E-state index in [0.29, 0.717) is 19.3 Å². The van der Waals surface area contributed by atoms with Crippen molar-refractivity contribution in [3.8, 4) is 0 Å². The van der Waals surface area contributed by atoms with Crippen LogP contribution < -0.4 is 0 Å². The topological polar surface area (TPSA) is 155 Å². The van der Waals surface area contributed by atoms with E-state index in [1.54, 1.807) is 12.2 Å². The summed E-state index contributed by atoms with van der Waals surface area (Å²) < 4.78 is 39.2. The number of aliphatic hydroxyl groups is 2. The van der Waals surface area contributed by atoms with Crippen LogP contribution in [0.25, 0.3) is 0 Å². The predicted octanol–water partition coefficient (Wildman–Crippen LogP) is 2.98. The van der Waals surface area contributed by atoms with Crippen LogP contribution in [0.15, 0.2) is 46.9 Å². The van der Waals surface area contributed by atoms with Crippen LogP contribution in [-0.4, -0.2) is 59.0 Å². The van der Waals surface area contributed by atoms with E-state index in [4.69, 9.17) is 4.74 Å². The number of Topliss-reactive ketones (excluding diaryl/α,β-unsaturated/α-hetero) is 1. The summed E-state index contributed by atoms with van der Waals surface area (Å²) in [5.41, 5.74) is -2.37. The highest BCUT2D eigenvalue weighted by Gasteiger charge is 2.70. The van der Waals surface area contributed by atoms with Gasteiger partial charge in [0.2, 0.25) is 5.78 Å². The third-order valence-electron chi connectivity index (χ3n) is 10.3. The Bertz CT molecular complexity index is 1430. The maximum Gasteiger partial charge on any atom is 0.339 e. The Labute approximate surface area is 227 Å². The van der Waals surface area contributed by atoms with Gasteiger partial charge in [-0.2, -0.15) is 8.42 Å². The van der Waals surface area contributed by atoms with E-state index in [0.717, 1.165) is 5.57 Å². The zero-order valence-corrected chi connectivity index (χ0v) is 23.0. The predicted molar refractivity (Wildman–Crippen MR) is 139 cm³/mol. The Morgan fingerprint density at radius 2 is 1.90 bits per heavy atom. The third kappa shape index (κ3) is 3.98. The first-order valence-electron chi connectivity index (χ1n) is 13.3. The quantitative estimate of drug-likeness (QED) is 0.365. The van der Waals surface area contributed by atoms with Gasteiger partial charge in [0.25, 0.3) is 10.1 Å². The second kappa shape index (κ2) is 9.19. The number of benzene rings is 1. The van der Waals surface area contributed by atoms with Crippen molar-refractivity contribution >= 4 is 27.7 Å². The molecule has 0 heterocycles. The Morgan fingerprint density at radius 1 is 1.18 bits per heavy atom. The molecular formula is C29H34O9S. The summed E-state index contributed by atoms with van der Waals surface area (Å²) in [7, 11) is -4.60. The molecule has 10 heteroatoms. The van der Waals surface area contributed by atoms with Crippen molar-refractivity contribution in [3.63, 3.8) is 0 Å². The van der Waals surface area contributed by atoms with Gasteiger partial charge in [-0.25, -0.2) is 4.79 Å². The number of fused-ring (bicyclic) bond motifs is 5. The first-order valence-corrected chi connectivity index (χ1v) is 14.7. The van der Waals surface area contributed by atoms with Gasteiger partial charge in [-0.05, 0) is 80.7 Å². The SMILES string of the molecule is Cc1c(C(=O)O[C@]2(C(=O)CO)CC[C@H]3[C@@H]4CCC5=CC(=O)C=C[C@]5(C)[C@H]4[C@@H](O)C[C@@]32C)cccc1S(=O)(=O)O. The molecule has 0 radical (unpaired) electrons. The summed E-state index contributed by atoms with van der Waals surface area (Å²) >= 11 is 0. The highest BCUT2D eigenvalue weighted by Crippen LogP contribution is 2.68. The van der Waals surface area contributed by atoms with Crippen molar-refractivity contribution in [3.05, 3.63) is 53.1 Å². The molecule has 5 rings (SSSR count). The molecule has 39 heavy (non-hydrogen) atoms. The lowest BCUT2D eigenvalue weighted by Crippen LogP contribution is -2.63. The summed E-state index contributed by atoms with van der Waals surface area (Å²) in [6, 6.07) is 3.83. The molecule has 3 saturated carbocycles. The molecule has 1 aromatic carbocycles. The molecule has 9 nitrogen and oxygen atoms in total. The molecule has 0 saturated heterocycles. The van der Waals surface area contributed by atoms with Gasteiger partial charge in [-0.3, -0.25) is 14.1 Å². The van der Waals surface area contributed by atoms with E-state index in [1.165, 1.54) is 25.1 Å². The number of ether oxygens (including phenoxy) is 1. The van der Waals surface area contributed by atoms with Crippen LogP contribution in [0.4, 0.5) is 0 Å². The first kappa shape index (κ1) is 27.9. The lowest BCUT2D eigenvalue weighted by Gasteiger charge is -2.59. The van der Waals surface area contributed by atoms with Crippen molar-refractivity contribution in [2.75, 3.05) is 6.61 Å². The molecule has 7 atom stereocenters. The van der Waals surface area contributed by atoms with E-state index in [2.05, 4.69) is 0 Å². The normalized spacial score (nSPS) is 37.4. The van der Waals surface area contributed by atoms with Crippen LogP contribution in [0, 0.1) is 35.5 Å². The maximum absolute atomic E-state index is 13.5. The first-order chi connectivity index (χ1) is 18.2. The number of carbonyl (C=O) groups is 3. The molecule has 0 aliphatic heterocycles. The summed E-state index contributed by atoms with van der Waals surface area (Å²) in [4.78, 5) is 38.6. The van der Waals surface area contributed by atoms with Gasteiger partial charge in [0.15, 0.2) is 11.4 Å². The number of carbonyl (C=O) groups excluding carboxylic acids is 3. The minimum Gasteiger partial charge on any atom is -0.447 e. The molecule has 1 aromatic rings. The second-order valence-electron chi connectivity index (χ2n) is 12.0. The minimum atomic E-state index is -4.60.